The Kier molecular flexibility index (Phi) is 7.37. The van der Waals surface area contributed by atoms with Crippen LogP contribution in [0.15, 0.2) is 53.9 Å². The molecule has 1 aliphatic rings. The van der Waals surface area contributed by atoms with E-state index in [-0.39, 0.29) is 18.5 Å². The Morgan fingerprint density at radius 3 is 2.81 bits per heavy atom. The Bertz CT molecular complexity index is 1100. The lowest BCUT2D eigenvalue weighted by Crippen LogP contribution is -2.16. The van der Waals surface area contributed by atoms with Crippen molar-refractivity contribution >= 4 is 19.2 Å². The number of unbranched alkanes of at least 4 members (excludes halogenated alkanes) is 2. The summed E-state index contributed by atoms with van der Waals surface area (Å²) >= 11 is 1.56. The van der Waals surface area contributed by atoms with Gasteiger partial charge in [-0.1, -0.05) is 55.7 Å². The predicted octanol–water partition coefficient (Wildman–Crippen LogP) is 7.83. The Morgan fingerprint density at radius 1 is 1.19 bits per heavy atom. The van der Waals surface area contributed by atoms with Gasteiger partial charge < -0.3 is 9.63 Å². The van der Waals surface area contributed by atoms with Crippen molar-refractivity contribution < 1.29 is 23.2 Å². The van der Waals surface area contributed by atoms with Crippen molar-refractivity contribution in [3.63, 3.8) is 0 Å². The van der Waals surface area contributed by atoms with E-state index in [1.165, 1.54) is 0 Å². The fraction of sp³-hybridized carbons (Fsp3) is 0.360. The topological polar surface area (TPSA) is 65.0 Å². The first-order valence-corrected chi connectivity index (χ1v) is 13.4. The molecule has 0 bridgehead atoms. The number of thiophene rings is 1. The van der Waals surface area contributed by atoms with Gasteiger partial charge in [0.2, 0.25) is 0 Å². The first-order valence-electron chi connectivity index (χ1n) is 11.1. The molecule has 2 atom stereocenters. The van der Waals surface area contributed by atoms with E-state index in [1.807, 2.05) is 54.8 Å². The first kappa shape index (κ1) is 23.1. The molecule has 1 saturated heterocycles. The van der Waals surface area contributed by atoms with Crippen molar-refractivity contribution in [2.24, 2.45) is 0 Å². The van der Waals surface area contributed by atoms with Gasteiger partial charge in [0.05, 0.1) is 12.2 Å². The summed E-state index contributed by atoms with van der Waals surface area (Å²) < 4.78 is 30.9. The molecular weight excluding hydrogens is 443 g/mol. The van der Waals surface area contributed by atoms with Crippen LogP contribution in [0.25, 0.3) is 11.1 Å². The summed E-state index contributed by atoms with van der Waals surface area (Å²) in [4.78, 5) is 0.993. The maximum atomic E-state index is 13.5. The SMILES string of the molecule is CCCCCc1cc(O)c(-c2cccc(C)c2)c(OP2(=O)OCCC(c3cccs3)O2)c1. The van der Waals surface area contributed by atoms with Crippen LogP contribution in [0.5, 0.6) is 11.5 Å². The van der Waals surface area contributed by atoms with Crippen LogP contribution in [0.4, 0.5) is 0 Å². The van der Waals surface area contributed by atoms with Crippen molar-refractivity contribution in [1.82, 2.24) is 0 Å². The van der Waals surface area contributed by atoms with Gasteiger partial charge in [0.15, 0.2) is 0 Å². The maximum Gasteiger partial charge on any atom is 0.530 e. The molecule has 1 aliphatic heterocycles. The van der Waals surface area contributed by atoms with Crippen LogP contribution >= 0.6 is 19.2 Å². The summed E-state index contributed by atoms with van der Waals surface area (Å²) in [5, 5.41) is 12.9. The fourth-order valence-electron chi connectivity index (χ4n) is 3.89. The van der Waals surface area contributed by atoms with Crippen molar-refractivity contribution in [2.45, 2.75) is 52.1 Å². The number of phosphoric ester groups is 1. The number of hydrogen-bond donors (Lipinski definition) is 1. The summed E-state index contributed by atoms with van der Waals surface area (Å²) in [6.45, 7) is 4.42. The van der Waals surface area contributed by atoms with E-state index in [4.69, 9.17) is 13.6 Å². The van der Waals surface area contributed by atoms with Gasteiger partial charge in [0.1, 0.15) is 17.6 Å². The van der Waals surface area contributed by atoms with Crippen LogP contribution in [-0.2, 0) is 20.0 Å². The van der Waals surface area contributed by atoms with Crippen molar-refractivity contribution in [1.29, 1.82) is 0 Å². The third-order valence-corrected chi connectivity index (χ3v) is 7.87. The van der Waals surface area contributed by atoms with E-state index in [9.17, 15) is 9.67 Å². The number of phenolic OH excluding ortho intramolecular Hbond substituents is 1. The average molecular weight is 473 g/mol. The van der Waals surface area contributed by atoms with Gasteiger partial charge in [0.25, 0.3) is 0 Å². The second kappa shape index (κ2) is 10.2. The van der Waals surface area contributed by atoms with E-state index >= 15 is 0 Å². The van der Waals surface area contributed by atoms with Crippen LogP contribution in [-0.4, -0.2) is 11.7 Å². The number of aryl methyl sites for hydroxylation is 2. The lowest BCUT2D eigenvalue weighted by Gasteiger charge is -2.29. The summed E-state index contributed by atoms with van der Waals surface area (Å²) in [7, 11) is -3.87. The van der Waals surface area contributed by atoms with Crippen LogP contribution in [0.1, 0.15) is 54.7 Å². The molecule has 0 saturated carbocycles. The van der Waals surface area contributed by atoms with E-state index in [0.29, 0.717) is 17.7 Å². The minimum atomic E-state index is -3.87. The smallest absolute Gasteiger partial charge is 0.507 e. The summed E-state index contributed by atoms with van der Waals surface area (Å²) in [5.41, 5.74) is 3.26. The molecular formula is C25H29O5PS. The number of benzene rings is 2. The minimum Gasteiger partial charge on any atom is -0.507 e. The van der Waals surface area contributed by atoms with E-state index < -0.39 is 7.82 Å². The molecule has 0 aliphatic carbocycles. The van der Waals surface area contributed by atoms with Gasteiger partial charge >= 0.3 is 7.82 Å². The monoisotopic (exact) mass is 472 g/mol. The normalized spacial score (nSPS) is 20.9. The summed E-state index contributed by atoms with van der Waals surface area (Å²) in [6, 6.07) is 15.3. The predicted molar refractivity (Wildman–Crippen MR) is 128 cm³/mol. The number of hydrogen-bond acceptors (Lipinski definition) is 6. The van der Waals surface area contributed by atoms with Gasteiger partial charge in [0, 0.05) is 11.3 Å². The molecule has 2 unspecified atom stereocenters. The zero-order valence-electron chi connectivity index (χ0n) is 18.5. The molecule has 0 radical (unpaired) electrons. The molecule has 7 heteroatoms. The second-order valence-corrected chi connectivity index (χ2v) is 10.6. The minimum absolute atomic E-state index is 0.0954. The van der Waals surface area contributed by atoms with Crippen LogP contribution in [0, 0.1) is 6.92 Å². The molecule has 2 heterocycles. The Hall–Kier alpha value is -2.11. The summed E-state index contributed by atoms with van der Waals surface area (Å²) in [6.07, 6.45) is 4.29. The molecule has 170 valence electrons. The third-order valence-electron chi connectivity index (χ3n) is 5.47. The molecule has 5 nitrogen and oxygen atoms in total. The molecule has 32 heavy (non-hydrogen) atoms. The van der Waals surface area contributed by atoms with E-state index in [2.05, 4.69) is 6.92 Å². The molecule has 3 aromatic rings. The van der Waals surface area contributed by atoms with Crippen molar-refractivity contribution in [2.75, 3.05) is 6.61 Å². The highest BCUT2D eigenvalue weighted by molar-refractivity contribution is 7.49. The number of phosphoric acid groups is 1. The van der Waals surface area contributed by atoms with Gasteiger partial charge in [-0.2, -0.15) is 0 Å². The van der Waals surface area contributed by atoms with Crippen LogP contribution in [0.3, 0.4) is 0 Å². The molecule has 0 amide bonds. The number of rotatable bonds is 8. The Morgan fingerprint density at radius 2 is 2.06 bits per heavy atom. The standard InChI is InChI=1S/C25H29O5PS/c1-3-4-5-9-19-16-21(26)25(20-10-6-8-18(2)15-20)23(17-19)30-31(27)28-13-12-22(29-31)24-11-7-14-32-24/h6-8,10-11,14-17,22,26H,3-5,9,12-13H2,1-2H3. The van der Waals surface area contributed by atoms with Crippen molar-refractivity contribution in [3.05, 3.63) is 69.9 Å². The zero-order valence-corrected chi connectivity index (χ0v) is 20.2. The first-order chi connectivity index (χ1) is 15.5. The zero-order chi connectivity index (χ0) is 22.6. The number of phenols is 1. The highest BCUT2D eigenvalue weighted by atomic mass is 32.1. The summed E-state index contributed by atoms with van der Waals surface area (Å²) in [5.74, 6) is 0.412. The van der Waals surface area contributed by atoms with Crippen LogP contribution in [0.2, 0.25) is 0 Å². The molecule has 1 fully saturated rings. The maximum absolute atomic E-state index is 13.5. The van der Waals surface area contributed by atoms with Crippen molar-refractivity contribution in [3.8, 4) is 22.6 Å². The molecule has 1 aromatic heterocycles. The molecule has 0 spiro atoms. The highest BCUT2D eigenvalue weighted by Gasteiger charge is 2.39. The lowest BCUT2D eigenvalue weighted by molar-refractivity contribution is 0.0528. The van der Waals surface area contributed by atoms with E-state index in [1.54, 1.807) is 17.4 Å². The van der Waals surface area contributed by atoms with Gasteiger partial charge in [-0.05, 0) is 54.5 Å². The van der Waals surface area contributed by atoms with Gasteiger partial charge in [-0.3, -0.25) is 9.05 Å². The molecule has 4 rings (SSSR count). The Labute approximate surface area is 193 Å². The van der Waals surface area contributed by atoms with Gasteiger partial charge in [-0.15, -0.1) is 11.3 Å². The fourth-order valence-corrected chi connectivity index (χ4v) is 6.15. The molecule has 2 aromatic carbocycles. The highest BCUT2D eigenvalue weighted by Crippen LogP contribution is 2.58. The van der Waals surface area contributed by atoms with Gasteiger partial charge in [-0.25, -0.2) is 4.57 Å². The van der Waals surface area contributed by atoms with Crippen LogP contribution < -0.4 is 4.52 Å². The number of aromatic hydroxyl groups is 1. The third kappa shape index (κ3) is 5.44. The second-order valence-electron chi connectivity index (χ2n) is 8.08. The molecule has 1 N–H and O–H groups in total. The lowest BCUT2D eigenvalue weighted by atomic mass is 9.98. The Balaban J connectivity index is 1.69. The van der Waals surface area contributed by atoms with E-state index in [0.717, 1.165) is 47.3 Å². The average Bonchev–Trinajstić information content (AvgIpc) is 3.28. The largest absolute Gasteiger partial charge is 0.530 e. The quantitative estimate of drug-likeness (QED) is 0.267.